The number of para-hydroxylation sites is 1. The molecule has 0 radical (unpaired) electrons. The molecule has 0 atom stereocenters. The molecule has 0 bridgehead atoms. The van der Waals surface area contributed by atoms with E-state index in [4.69, 9.17) is 0 Å². The Hall–Kier alpha value is -1.62. The molecule has 2 aromatic rings. The Morgan fingerprint density at radius 1 is 1.00 bits per heavy atom. The van der Waals surface area contributed by atoms with E-state index in [-0.39, 0.29) is 16.7 Å². The number of aryl methyl sites for hydroxylation is 2. The van der Waals surface area contributed by atoms with Gasteiger partial charge in [0.05, 0.1) is 0 Å². The molecule has 0 aliphatic heterocycles. The zero-order valence-electron chi connectivity index (χ0n) is 11.8. The van der Waals surface area contributed by atoms with E-state index >= 15 is 0 Å². The van der Waals surface area contributed by atoms with Crippen molar-refractivity contribution in [3.8, 4) is 0 Å². The molecule has 0 unspecified atom stereocenters. The van der Waals surface area contributed by atoms with Gasteiger partial charge in [0.2, 0.25) is 0 Å². The summed E-state index contributed by atoms with van der Waals surface area (Å²) in [5.74, 6) is 0. The maximum atomic E-state index is 12.5. The Kier molecular flexibility index (Phi) is 4.83. The Bertz CT molecular complexity index is 603. The monoisotopic (exact) mass is 311 g/mol. The summed E-state index contributed by atoms with van der Waals surface area (Å²) in [5.41, 5.74) is -0.439. The summed E-state index contributed by atoms with van der Waals surface area (Å²) >= 11 is -0.0937. The topological polar surface area (TPSA) is 12.0 Å². The number of benzene rings is 2. The van der Waals surface area contributed by atoms with E-state index < -0.39 is 5.51 Å². The fourth-order valence-electron chi connectivity index (χ4n) is 2.19. The number of nitrogens with one attached hydrogen (secondary N) is 1. The van der Waals surface area contributed by atoms with Crippen LogP contribution in [0.15, 0.2) is 47.4 Å². The molecule has 21 heavy (non-hydrogen) atoms. The van der Waals surface area contributed by atoms with Gasteiger partial charge in [-0.3, -0.25) is 0 Å². The average Bonchev–Trinajstić information content (AvgIpc) is 2.35. The lowest BCUT2D eigenvalue weighted by molar-refractivity contribution is -0.0327. The molecule has 0 saturated carbocycles. The Morgan fingerprint density at radius 3 is 2.24 bits per heavy atom. The molecule has 0 fully saturated rings. The van der Waals surface area contributed by atoms with Crippen molar-refractivity contribution >= 4 is 17.4 Å². The second-order valence-corrected chi connectivity index (χ2v) is 6.00. The van der Waals surface area contributed by atoms with Crippen molar-refractivity contribution in [2.45, 2.75) is 30.8 Å². The summed E-state index contributed by atoms with van der Waals surface area (Å²) < 4.78 is 37.6. The first-order chi connectivity index (χ1) is 9.83. The fourth-order valence-corrected chi connectivity index (χ4v) is 2.84. The van der Waals surface area contributed by atoms with Crippen molar-refractivity contribution in [3.63, 3.8) is 0 Å². The van der Waals surface area contributed by atoms with Crippen molar-refractivity contribution in [3.05, 3.63) is 59.2 Å². The van der Waals surface area contributed by atoms with Gasteiger partial charge >= 0.3 is 5.51 Å². The van der Waals surface area contributed by atoms with Gasteiger partial charge < -0.3 is 5.32 Å². The summed E-state index contributed by atoms with van der Waals surface area (Å²) in [6.45, 7) is 4.51. The Morgan fingerprint density at radius 2 is 1.62 bits per heavy atom. The van der Waals surface area contributed by atoms with Crippen molar-refractivity contribution in [1.29, 1.82) is 0 Å². The first kappa shape index (κ1) is 15.8. The number of rotatable bonds is 4. The highest BCUT2D eigenvalue weighted by Gasteiger charge is 2.30. The molecule has 1 nitrogen and oxygen atoms in total. The maximum absolute atomic E-state index is 12.5. The van der Waals surface area contributed by atoms with Crippen LogP contribution in [0, 0.1) is 13.8 Å². The van der Waals surface area contributed by atoms with E-state index in [1.807, 2.05) is 26.0 Å². The largest absolute Gasteiger partial charge is 0.446 e. The Labute approximate surface area is 126 Å². The normalized spacial score (nSPS) is 11.5. The van der Waals surface area contributed by atoms with Crippen molar-refractivity contribution < 1.29 is 13.2 Å². The highest BCUT2D eigenvalue weighted by atomic mass is 32.2. The molecule has 1 N–H and O–H groups in total. The van der Waals surface area contributed by atoms with Crippen LogP contribution in [-0.2, 0) is 6.54 Å². The molecule has 0 aromatic heterocycles. The molecule has 0 aliphatic carbocycles. The van der Waals surface area contributed by atoms with E-state index in [1.165, 1.54) is 6.07 Å². The minimum absolute atomic E-state index is 0.0937. The molecular weight excluding hydrogens is 295 g/mol. The molecule has 0 saturated heterocycles. The zero-order valence-corrected chi connectivity index (χ0v) is 12.6. The maximum Gasteiger partial charge on any atom is 0.446 e. The third-order valence-corrected chi connectivity index (χ3v) is 3.68. The van der Waals surface area contributed by atoms with E-state index in [1.54, 1.807) is 18.2 Å². The van der Waals surface area contributed by atoms with Gasteiger partial charge in [0.1, 0.15) is 0 Å². The van der Waals surface area contributed by atoms with Gasteiger partial charge in [-0.25, -0.2) is 0 Å². The standard InChI is InChI=1S/C16H16F3NS/c1-11-7-12(2)9-13(8-11)10-20-14-5-3-4-6-15(14)21-16(17,18)19/h3-9,20H,10H2,1-2H3. The Balaban J connectivity index is 2.13. The third kappa shape index (κ3) is 5.01. The van der Waals surface area contributed by atoms with Gasteiger partial charge in [0.15, 0.2) is 0 Å². The first-order valence-corrected chi connectivity index (χ1v) is 7.31. The van der Waals surface area contributed by atoms with Gasteiger partial charge in [0, 0.05) is 17.1 Å². The van der Waals surface area contributed by atoms with Gasteiger partial charge in [0.25, 0.3) is 0 Å². The lowest BCUT2D eigenvalue weighted by Crippen LogP contribution is -2.04. The number of hydrogen-bond acceptors (Lipinski definition) is 2. The molecule has 112 valence electrons. The van der Waals surface area contributed by atoms with Crippen LogP contribution in [0.4, 0.5) is 18.9 Å². The molecule has 0 heterocycles. The van der Waals surface area contributed by atoms with Crippen molar-refractivity contribution in [1.82, 2.24) is 0 Å². The second kappa shape index (κ2) is 6.43. The summed E-state index contributed by atoms with van der Waals surface area (Å²) in [7, 11) is 0. The van der Waals surface area contributed by atoms with E-state index in [0.717, 1.165) is 16.7 Å². The van der Waals surface area contributed by atoms with E-state index in [2.05, 4.69) is 11.4 Å². The lowest BCUT2D eigenvalue weighted by atomic mass is 10.1. The van der Waals surface area contributed by atoms with Gasteiger partial charge in [-0.2, -0.15) is 13.2 Å². The lowest BCUT2D eigenvalue weighted by Gasteiger charge is -2.13. The summed E-state index contributed by atoms with van der Waals surface area (Å²) in [6.07, 6.45) is 0. The van der Waals surface area contributed by atoms with Crippen LogP contribution in [0.3, 0.4) is 0 Å². The molecular formula is C16H16F3NS. The predicted molar refractivity (Wildman–Crippen MR) is 81.6 cm³/mol. The minimum atomic E-state index is -4.28. The van der Waals surface area contributed by atoms with Crippen LogP contribution in [0.25, 0.3) is 0 Å². The smallest absolute Gasteiger partial charge is 0.380 e. The summed E-state index contributed by atoms with van der Waals surface area (Å²) in [4.78, 5) is 0.189. The van der Waals surface area contributed by atoms with Crippen LogP contribution in [0.1, 0.15) is 16.7 Å². The van der Waals surface area contributed by atoms with Crippen LogP contribution in [0.5, 0.6) is 0 Å². The molecule has 5 heteroatoms. The van der Waals surface area contributed by atoms with Crippen LogP contribution < -0.4 is 5.32 Å². The number of thioether (sulfide) groups is 1. The quantitative estimate of drug-likeness (QED) is 0.745. The number of alkyl halides is 3. The molecule has 2 aromatic carbocycles. The SMILES string of the molecule is Cc1cc(C)cc(CNc2ccccc2SC(F)(F)F)c1. The molecule has 0 amide bonds. The summed E-state index contributed by atoms with van der Waals surface area (Å²) in [6, 6.07) is 12.6. The van der Waals surface area contributed by atoms with Crippen LogP contribution >= 0.6 is 11.8 Å². The average molecular weight is 311 g/mol. The van der Waals surface area contributed by atoms with Gasteiger partial charge in [-0.05, 0) is 43.3 Å². The van der Waals surface area contributed by atoms with Crippen LogP contribution in [0.2, 0.25) is 0 Å². The highest BCUT2D eigenvalue weighted by Crippen LogP contribution is 2.40. The summed E-state index contributed by atoms with van der Waals surface area (Å²) in [5, 5.41) is 3.09. The van der Waals surface area contributed by atoms with E-state index in [9.17, 15) is 13.2 Å². The molecule has 0 aliphatic rings. The van der Waals surface area contributed by atoms with Crippen molar-refractivity contribution in [2.24, 2.45) is 0 Å². The second-order valence-electron chi connectivity index (χ2n) is 4.89. The minimum Gasteiger partial charge on any atom is -0.380 e. The number of halogens is 3. The number of hydrogen-bond donors (Lipinski definition) is 1. The first-order valence-electron chi connectivity index (χ1n) is 6.49. The highest BCUT2D eigenvalue weighted by molar-refractivity contribution is 8.00. The van der Waals surface area contributed by atoms with Gasteiger partial charge in [-0.1, -0.05) is 41.5 Å². The third-order valence-electron chi connectivity index (χ3n) is 2.88. The van der Waals surface area contributed by atoms with Gasteiger partial charge in [-0.15, -0.1) is 0 Å². The predicted octanol–water partition coefficient (Wildman–Crippen LogP) is 5.53. The number of anilines is 1. The van der Waals surface area contributed by atoms with Crippen LogP contribution in [-0.4, -0.2) is 5.51 Å². The molecule has 0 spiro atoms. The van der Waals surface area contributed by atoms with Crippen molar-refractivity contribution in [2.75, 3.05) is 5.32 Å². The zero-order chi connectivity index (χ0) is 15.5. The fraction of sp³-hybridized carbons (Fsp3) is 0.250. The molecule has 2 rings (SSSR count). The van der Waals surface area contributed by atoms with E-state index in [0.29, 0.717) is 12.2 Å².